The van der Waals surface area contributed by atoms with Crippen LogP contribution in [0.25, 0.3) is 0 Å². The van der Waals surface area contributed by atoms with Crippen molar-refractivity contribution in [1.82, 2.24) is 10.6 Å². The van der Waals surface area contributed by atoms with E-state index >= 15 is 0 Å². The normalized spacial score (nSPS) is 32.7. The second kappa shape index (κ2) is 4.58. The highest BCUT2D eigenvalue weighted by molar-refractivity contribution is 7.92. The minimum atomic E-state index is -3.01. The molecule has 1 atom stereocenters. The number of sulfone groups is 1. The van der Waals surface area contributed by atoms with Crippen LogP contribution in [0.3, 0.4) is 0 Å². The molecule has 0 aromatic carbocycles. The number of rotatable bonds is 3. The highest BCUT2D eigenvalue weighted by Gasteiger charge is 2.36. The first-order chi connectivity index (χ1) is 7.52. The Morgan fingerprint density at radius 3 is 2.62 bits per heavy atom. The van der Waals surface area contributed by atoms with E-state index in [0.717, 1.165) is 0 Å². The lowest BCUT2D eigenvalue weighted by Crippen LogP contribution is -2.48. The second-order valence-electron chi connectivity index (χ2n) is 4.78. The van der Waals surface area contributed by atoms with Gasteiger partial charge in [0.1, 0.15) is 11.0 Å². The zero-order valence-corrected chi connectivity index (χ0v) is 10.2. The molecule has 0 spiro atoms. The first-order valence-corrected chi connectivity index (χ1v) is 7.58. The molecule has 2 saturated heterocycles. The van der Waals surface area contributed by atoms with Crippen LogP contribution in [0.1, 0.15) is 25.7 Å². The maximum absolute atomic E-state index is 14.2. The molecular weight excluding hydrogens is 231 g/mol. The molecule has 0 aliphatic carbocycles. The molecule has 94 valence electrons. The van der Waals surface area contributed by atoms with Crippen LogP contribution in [0.15, 0.2) is 0 Å². The van der Waals surface area contributed by atoms with Crippen LogP contribution < -0.4 is 10.6 Å². The molecule has 2 rings (SSSR count). The minimum absolute atomic E-state index is 0.165. The number of hydrogen-bond acceptors (Lipinski definition) is 4. The number of nitrogens with one attached hydrogen (secondary N) is 2. The van der Waals surface area contributed by atoms with E-state index in [1.54, 1.807) is 0 Å². The third kappa shape index (κ3) is 2.73. The van der Waals surface area contributed by atoms with Crippen LogP contribution in [-0.4, -0.2) is 44.8 Å². The molecule has 16 heavy (non-hydrogen) atoms. The molecule has 2 aliphatic heterocycles. The molecule has 1 unspecified atom stereocenters. The molecule has 0 bridgehead atoms. The SMILES string of the molecule is O=S1(=O)CCCC1NCC1(F)CCNCC1. The molecule has 0 aromatic rings. The molecule has 2 heterocycles. The summed E-state index contributed by atoms with van der Waals surface area (Å²) in [5.74, 6) is 0.242. The maximum atomic E-state index is 14.2. The van der Waals surface area contributed by atoms with E-state index in [0.29, 0.717) is 38.8 Å². The third-order valence-corrected chi connectivity index (χ3v) is 5.60. The molecule has 0 amide bonds. The van der Waals surface area contributed by atoms with Gasteiger partial charge in [-0.05, 0) is 38.8 Å². The molecule has 0 saturated carbocycles. The van der Waals surface area contributed by atoms with Crippen molar-refractivity contribution >= 4 is 9.84 Å². The van der Waals surface area contributed by atoms with Crippen molar-refractivity contribution in [3.05, 3.63) is 0 Å². The summed E-state index contributed by atoms with van der Waals surface area (Å²) in [7, 11) is -3.01. The predicted octanol–water partition coefficient (Wildman–Crippen LogP) is 0.202. The van der Waals surface area contributed by atoms with E-state index in [4.69, 9.17) is 0 Å². The Morgan fingerprint density at radius 2 is 2.06 bits per heavy atom. The van der Waals surface area contributed by atoms with E-state index in [1.165, 1.54) is 0 Å². The number of hydrogen-bond donors (Lipinski definition) is 2. The average Bonchev–Trinajstić information content (AvgIpc) is 2.56. The smallest absolute Gasteiger partial charge is 0.166 e. The summed E-state index contributed by atoms with van der Waals surface area (Å²) >= 11 is 0. The van der Waals surface area contributed by atoms with Crippen molar-refractivity contribution in [3.63, 3.8) is 0 Å². The molecule has 0 radical (unpaired) electrons. The first-order valence-electron chi connectivity index (χ1n) is 5.86. The summed E-state index contributed by atoms with van der Waals surface area (Å²) in [6.07, 6.45) is 2.25. The van der Waals surface area contributed by atoms with Crippen LogP contribution in [-0.2, 0) is 9.84 Å². The van der Waals surface area contributed by atoms with Crippen LogP contribution in [0, 0.1) is 0 Å². The zero-order valence-electron chi connectivity index (χ0n) is 9.34. The van der Waals surface area contributed by atoms with Crippen molar-refractivity contribution in [1.29, 1.82) is 0 Å². The molecule has 2 fully saturated rings. The fourth-order valence-electron chi connectivity index (χ4n) is 2.37. The van der Waals surface area contributed by atoms with Gasteiger partial charge in [0.05, 0.1) is 5.75 Å². The lowest BCUT2D eigenvalue weighted by molar-refractivity contribution is 0.113. The number of piperidine rings is 1. The topological polar surface area (TPSA) is 58.2 Å². The molecule has 4 nitrogen and oxygen atoms in total. The standard InChI is InChI=1S/C10H19FN2O2S/c11-10(3-5-12-6-4-10)8-13-9-2-1-7-16(9,14)15/h9,12-13H,1-8H2. The Labute approximate surface area is 95.9 Å². The van der Waals surface area contributed by atoms with Gasteiger partial charge in [0.2, 0.25) is 0 Å². The maximum Gasteiger partial charge on any atom is 0.166 e. The van der Waals surface area contributed by atoms with E-state index in [9.17, 15) is 12.8 Å². The largest absolute Gasteiger partial charge is 0.316 e. The third-order valence-electron chi connectivity index (χ3n) is 3.47. The number of alkyl halides is 1. The van der Waals surface area contributed by atoms with Gasteiger partial charge in [-0.25, -0.2) is 12.8 Å². The van der Waals surface area contributed by atoms with Gasteiger partial charge in [-0.2, -0.15) is 0 Å². The van der Waals surface area contributed by atoms with Crippen LogP contribution in [0.4, 0.5) is 4.39 Å². The monoisotopic (exact) mass is 250 g/mol. The Hall–Kier alpha value is -0.200. The van der Waals surface area contributed by atoms with Gasteiger partial charge in [-0.1, -0.05) is 0 Å². The summed E-state index contributed by atoms with van der Waals surface area (Å²) in [6, 6.07) is 0. The van der Waals surface area contributed by atoms with Crippen molar-refractivity contribution < 1.29 is 12.8 Å². The van der Waals surface area contributed by atoms with Crippen LogP contribution >= 0.6 is 0 Å². The van der Waals surface area contributed by atoms with Crippen molar-refractivity contribution in [2.45, 2.75) is 36.7 Å². The highest BCUT2D eigenvalue weighted by Crippen LogP contribution is 2.24. The van der Waals surface area contributed by atoms with Crippen molar-refractivity contribution in [3.8, 4) is 0 Å². The fraction of sp³-hybridized carbons (Fsp3) is 1.00. The van der Waals surface area contributed by atoms with Gasteiger partial charge in [0.15, 0.2) is 9.84 Å². The minimum Gasteiger partial charge on any atom is -0.316 e. The van der Waals surface area contributed by atoms with E-state index in [1.807, 2.05) is 0 Å². The predicted molar refractivity (Wildman–Crippen MR) is 60.8 cm³/mol. The summed E-state index contributed by atoms with van der Waals surface area (Å²) < 4.78 is 37.3. The first kappa shape index (κ1) is 12.3. The van der Waals surface area contributed by atoms with Gasteiger partial charge >= 0.3 is 0 Å². The Kier molecular flexibility index (Phi) is 3.51. The van der Waals surface area contributed by atoms with Crippen molar-refractivity contribution in [2.24, 2.45) is 0 Å². The van der Waals surface area contributed by atoms with Gasteiger partial charge in [-0.15, -0.1) is 0 Å². The second-order valence-corrected chi connectivity index (χ2v) is 7.08. The Bertz CT molecular complexity index is 339. The quantitative estimate of drug-likeness (QED) is 0.751. The fourth-order valence-corrected chi connectivity index (χ4v) is 4.09. The van der Waals surface area contributed by atoms with Gasteiger partial charge in [0, 0.05) is 6.54 Å². The van der Waals surface area contributed by atoms with Gasteiger partial charge in [-0.3, -0.25) is 5.32 Å². The highest BCUT2D eigenvalue weighted by atomic mass is 32.2. The lowest BCUT2D eigenvalue weighted by Gasteiger charge is -2.31. The summed E-state index contributed by atoms with van der Waals surface area (Å²) in [5.41, 5.74) is -1.23. The number of halogens is 1. The average molecular weight is 250 g/mol. The van der Waals surface area contributed by atoms with Crippen LogP contribution in [0.5, 0.6) is 0 Å². The summed E-state index contributed by atoms with van der Waals surface area (Å²) in [5, 5.41) is 5.47. The van der Waals surface area contributed by atoms with Gasteiger partial charge in [0.25, 0.3) is 0 Å². The van der Waals surface area contributed by atoms with E-state index in [-0.39, 0.29) is 12.3 Å². The van der Waals surface area contributed by atoms with Gasteiger partial charge < -0.3 is 5.32 Å². The molecule has 2 N–H and O–H groups in total. The van der Waals surface area contributed by atoms with E-state index in [2.05, 4.69) is 10.6 Å². The van der Waals surface area contributed by atoms with Crippen molar-refractivity contribution in [2.75, 3.05) is 25.4 Å². The summed E-state index contributed by atoms with van der Waals surface area (Å²) in [4.78, 5) is 0. The Morgan fingerprint density at radius 1 is 1.38 bits per heavy atom. The summed E-state index contributed by atoms with van der Waals surface area (Å²) in [6.45, 7) is 1.52. The molecule has 0 aromatic heterocycles. The molecule has 6 heteroatoms. The van der Waals surface area contributed by atoms with Crippen LogP contribution in [0.2, 0.25) is 0 Å². The van der Waals surface area contributed by atoms with E-state index < -0.39 is 20.9 Å². The lowest BCUT2D eigenvalue weighted by atomic mass is 9.94. The molecule has 2 aliphatic rings. The Balaban J connectivity index is 1.87. The zero-order chi connectivity index (χ0) is 11.6. The molecular formula is C10H19FN2O2S.